The predicted molar refractivity (Wildman–Crippen MR) is 151 cm³/mol. The minimum absolute atomic E-state index is 0.266. The maximum Gasteiger partial charge on any atom is 0.242 e. The molecule has 0 aromatic heterocycles. The molecule has 0 fully saturated rings. The van der Waals surface area contributed by atoms with Crippen molar-refractivity contribution >= 4 is 59.1 Å². The Bertz CT molecular complexity index is 1110. The van der Waals surface area contributed by atoms with Crippen LogP contribution in [0.15, 0.2) is 0 Å². The summed E-state index contributed by atoms with van der Waals surface area (Å²) in [5, 5.41) is 22.8. The van der Waals surface area contributed by atoms with Crippen molar-refractivity contribution in [1.82, 2.24) is 53.2 Å². The first-order chi connectivity index (χ1) is 20.5. The van der Waals surface area contributed by atoms with Crippen LogP contribution in [0.4, 0.5) is 0 Å². The van der Waals surface area contributed by atoms with Gasteiger partial charge in [-0.05, 0) is 20.8 Å². The lowest BCUT2D eigenvalue weighted by molar-refractivity contribution is -0.132. The summed E-state index contributed by atoms with van der Waals surface area (Å²) >= 11 is 0. The predicted octanol–water partition coefficient (Wildman–Crippen LogP) is -7.04. The van der Waals surface area contributed by atoms with E-state index in [9.17, 15) is 47.9 Å². The SMILES string of the molecule is CNC(=O)CNC(=O)CNC(=O)C(C)NC(=O)CNC(=O)C(C)NC(=O)CNC(=O)CNC(=O)CNC(=O)C(C)NC(C)=O. The van der Waals surface area contributed by atoms with Crippen molar-refractivity contribution in [3.63, 3.8) is 0 Å². The van der Waals surface area contributed by atoms with E-state index >= 15 is 0 Å². The summed E-state index contributed by atoms with van der Waals surface area (Å²) < 4.78 is 0. The maximum atomic E-state index is 12.2. The van der Waals surface area contributed by atoms with Gasteiger partial charge >= 0.3 is 0 Å². The summed E-state index contributed by atoms with van der Waals surface area (Å²) in [5.41, 5.74) is 0. The highest BCUT2D eigenvalue weighted by Crippen LogP contribution is 1.86. The van der Waals surface area contributed by atoms with E-state index in [0.717, 1.165) is 0 Å². The van der Waals surface area contributed by atoms with Crippen LogP contribution >= 0.6 is 0 Å². The van der Waals surface area contributed by atoms with Gasteiger partial charge in [0.05, 0.1) is 39.3 Å². The number of hydrogen-bond donors (Lipinski definition) is 10. The van der Waals surface area contributed by atoms with Crippen LogP contribution in [-0.2, 0) is 47.9 Å². The lowest BCUT2D eigenvalue weighted by Gasteiger charge is -2.16. The summed E-state index contributed by atoms with van der Waals surface area (Å²) in [6.45, 7) is 2.59. The van der Waals surface area contributed by atoms with Crippen molar-refractivity contribution in [1.29, 1.82) is 0 Å². The molecule has 20 nitrogen and oxygen atoms in total. The summed E-state index contributed by atoms with van der Waals surface area (Å²) in [7, 11) is 1.39. The molecule has 0 aliphatic rings. The van der Waals surface area contributed by atoms with E-state index in [1.807, 2.05) is 0 Å². The third kappa shape index (κ3) is 18.2. The van der Waals surface area contributed by atoms with E-state index in [2.05, 4.69) is 53.2 Å². The number of carbonyl (C=O) groups is 10. The van der Waals surface area contributed by atoms with Gasteiger partial charge in [0.2, 0.25) is 59.1 Å². The van der Waals surface area contributed by atoms with Crippen molar-refractivity contribution in [3.05, 3.63) is 0 Å². The van der Waals surface area contributed by atoms with Gasteiger partial charge in [0.25, 0.3) is 0 Å². The molecule has 0 aliphatic heterocycles. The number of amides is 10. The number of nitrogens with one attached hydrogen (secondary N) is 10. The van der Waals surface area contributed by atoms with E-state index < -0.39 is 110 Å². The maximum absolute atomic E-state index is 12.2. The van der Waals surface area contributed by atoms with Crippen molar-refractivity contribution in [2.24, 2.45) is 0 Å². The molecule has 0 spiro atoms. The van der Waals surface area contributed by atoms with Gasteiger partial charge in [-0.1, -0.05) is 0 Å². The normalized spacial score (nSPS) is 12.0. The standard InChI is InChI=1S/C24H40N10O10/c1-12(32-15(4)35)22(42)29-9-19(39)27-7-17(37)28-10-20(40)33-14(3)24(44)31-11-21(41)34-13(2)23(43)30-8-18(38)26-6-16(36)25-5/h12-14H,6-11H2,1-5H3,(H,25,36)(H,26,38)(H,27,39)(H,28,37)(H,29,42)(H,30,43)(H,31,44)(H,32,35)(H,33,40)(H,34,41). The van der Waals surface area contributed by atoms with Gasteiger partial charge < -0.3 is 53.2 Å². The smallest absolute Gasteiger partial charge is 0.242 e. The van der Waals surface area contributed by atoms with Gasteiger partial charge in [-0.3, -0.25) is 47.9 Å². The lowest BCUT2D eigenvalue weighted by Crippen LogP contribution is -2.52. The fraction of sp³-hybridized carbons (Fsp3) is 0.583. The molecule has 0 rings (SSSR count). The molecule has 20 heteroatoms. The Morgan fingerprint density at radius 1 is 0.409 bits per heavy atom. The lowest BCUT2D eigenvalue weighted by atomic mass is 10.3. The number of carbonyl (C=O) groups excluding carboxylic acids is 10. The number of hydrogen-bond acceptors (Lipinski definition) is 10. The average Bonchev–Trinajstić information content (AvgIpc) is 2.97. The summed E-state index contributed by atoms with van der Waals surface area (Å²) in [5.74, 6) is -6.43. The van der Waals surface area contributed by atoms with Gasteiger partial charge in [-0.2, -0.15) is 0 Å². The fourth-order valence-corrected chi connectivity index (χ4v) is 2.86. The van der Waals surface area contributed by atoms with E-state index in [1.54, 1.807) is 0 Å². The Labute approximate surface area is 252 Å². The van der Waals surface area contributed by atoms with Crippen molar-refractivity contribution in [3.8, 4) is 0 Å². The second kappa shape index (κ2) is 20.6. The monoisotopic (exact) mass is 628 g/mol. The van der Waals surface area contributed by atoms with Crippen molar-refractivity contribution in [2.75, 3.05) is 46.3 Å². The van der Waals surface area contributed by atoms with Crippen LogP contribution in [0.25, 0.3) is 0 Å². The van der Waals surface area contributed by atoms with Gasteiger partial charge in [-0.25, -0.2) is 0 Å². The zero-order valence-electron chi connectivity index (χ0n) is 25.1. The molecule has 3 unspecified atom stereocenters. The van der Waals surface area contributed by atoms with E-state index in [1.165, 1.54) is 34.7 Å². The molecule has 246 valence electrons. The quantitative estimate of drug-likeness (QED) is 0.0684. The molecule has 0 radical (unpaired) electrons. The Balaban J connectivity index is 4.25. The van der Waals surface area contributed by atoms with Crippen molar-refractivity contribution < 1.29 is 47.9 Å². The molecule has 0 bridgehead atoms. The highest BCUT2D eigenvalue weighted by molar-refractivity contribution is 5.95. The average molecular weight is 629 g/mol. The Kier molecular flexibility index (Phi) is 18.1. The van der Waals surface area contributed by atoms with Gasteiger partial charge in [0.15, 0.2) is 0 Å². The molecule has 0 aromatic carbocycles. The van der Waals surface area contributed by atoms with Gasteiger partial charge in [-0.15, -0.1) is 0 Å². The summed E-state index contributed by atoms with van der Waals surface area (Å²) in [6, 6.07) is -3.03. The Morgan fingerprint density at radius 3 is 1.02 bits per heavy atom. The fourth-order valence-electron chi connectivity index (χ4n) is 2.86. The molecule has 0 heterocycles. The van der Waals surface area contributed by atoms with Crippen LogP contribution in [0.2, 0.25) is 0 Å². The highest BCUT2D eigenvalue weighted by Gasteiger charge is 2.20. The zero-order valence-corrected chi connectivity index (χ0v) is 25.1. The van der Waals surface area contributed by atoms with Gasteiger partial charge in [0.1, 0.15) is 18.1 Å². The molecule has 0 aliphatic carbocycles. The molecular weight excluding hydrogens is 588 g/mol. The zero-order chi connectivity index (χ0) is 33.8. The topological polar surface area (TPSA) is 291 Å². The largest absolute Gasteiger partial charge is 0.358 e. The number of rotatable bonds is 18. The molecule has 10 amide bonds. The second-order valence-electron chi connectivity index (χ2n) is 9.16. The Hall–Kier alpha value is -5.30. The molecule has 44 heavy (non-hydrogen) atoms. The first-order valence-electron chi connectivity index (χ1n) is 13.2. The second-order valence-corrected chi connectivity index (χ2v) is 9.16. The van der Waals surface area contributed by atoms with E-state index in [0.29, 0.717) is 0 Å². The van der Waals surface area contributed by atoms with Crippen LogP contribution in [0.3, 0.4) is 0 Å². The highest BCUT2D eigenvalue weighted by atomic mass is 16.2. The van der Waals surface area contributed by atoms with Crippen LogP contribution in [0.5, 0.6) is 0 Å². The molecule has 3 atom stereocenters. The van der Waals surface area contributed by atoms with E-state index in [-0.39, 0.29) is 6.54 Å². The molecule has 10 N–H and O–H groups in total. The minimum Gasteiger partial charge on any atom is -0.358 e. The molecule has 0 saturated carbocycles. The third-order valence-electron chi connectivity index (χ3n) is 5.24. The van der Waals surface area contributed by atoms with E-state index in [4.69, 9.17) is 0 Å². The summed E-state index contributed by atoms with van der Waals surface area (Å²) in [6.07, 6.45) is 0. The summed E-state index contributed by atoms with van der Waals surface area (Å²) in [4.78, 5) is 117. The van der Waals surface area contributed by atoms with Crippen LogP contribution in [-0.4, -0.2) is 124 Å². The first kappa shape index (κ1) is 38.7. The molecule has 0 aromatic rings. The molecule has 0 saturated heterocycles. The molecular formula is C24H40N10O10. The van der Waals surface area contributed by atoms with Crippen LogP contribution < -0.4 is 53.2 Å². The Morgan fingerprint density at radius 2 is 0.682 bits per heavy atom. The van der Waals surface area contributed by atoms with Crippen LogP contribution in [0, 0.1) is 0 Å². The third-order valence-corrected chi connectivity index (χ3v) is 5.24. The number of likely N-dealkylation sites (N-methyl/N-ethyl adjacent to an activating group) is 1. The van der Waals surface area contributed by atoms with Gasteiger partial charge in [0, 0.05) is 14.0 Å². The van der Waals surface area contributed by atoms with Crippen molar-refractivity contribution in [2.45, 2.75) is 45.8 Å². The minimum atomic E-state index is -1.11. The first-order valence-corrected chi connectivity index (χ1v) is 13.2. The van der Waals surface area contributed by atoms with Crippen LogP contribution in [0.1, 0.15) is 27.7 Å².